The molecule has 1 heterocycles. The van der Waals surface area contributed by atoms with Crippen molar-refractivity contribution < 1.29 is 39.3 Å². The quantitative estimate of drug-likeness (QED) is 0.126. The van der Waals surface area contributed by atoms with Gasteiger partial charge in [0.25, 0.3) is 0 Å². The summed E-state index contributed by atoms with van der Waals surface area (Å²) in [5.74, 6) is -5.28. The minimum atomic E-state index is -1.61. The molecule has 3 aromatic rings. The fourth-order valence-corrected chi connectivity index (χ4v) is 4.08. The van der Waals surface area contributed by atoms with Crippen molar-refractivity contribution in [2.24, 2.45) is 5.73 Å². The molecule has 13 heteroatoms. The van der Waals surface area contributed by atoms with Crippen LogP contribution in [0.5, 0.6) is 0 Å². The minimum absolute atomic E-state index is 0.00593. The molecule has 0 aliphatic heterocycles. The van der Waals surface area contributed by atoms with Crippen molar-refractivity contribution in [2.45, 2.75) is 43.4 Å². The van der Waals surface area contributed by atoms with Crippen LogP contribution in [0, 0.1) is 0 Å². The molecule has 3 amide bonds. The van der Waals surface area contributed by atoms with Gasteiger partial charge in [-0.1, -0.05) is 48.5 Å². The average molecular weight is 554 g/mol. The molecule has 4 unspecified atom stereocenters. The summed E-state index contributed by atoms with van der Waals surface area (Å²) in [4.78, 5) is 64.7. The Balaban J connectivity index is 1.88. The number of carbonyl (C=O) groups excluding carboxylic acids is 3. The minimum Gasteiger partial charge on any atom is -0.481 e. The number of nitrogens with two attached hydrogens (primary N) is 1. The monoisotopic (exact) mass is 553 g/mol. The predicted octanol–water partition coefficient (Wildman–Crippen LogP) is -0.714. The molecular formula is C27H31N5O8. The van der Waals surface area contributed by atoms with E-state index in [0.717, 1.165) is 10.9 Å². The Morgan fingerprint density at radius 3 is 1.98 bits per heavy atom. The molecule has 212 valence electrons. The molecule has 0 saturated carbocycles. The van der Waals surface area contributed by atoms with Crippen LogP contribution < -0.4 is 21.7 Å². The summed E-state index contributed by atoms with van der Waals surface area (Å²) in [6.07, 6.45) is 0.943. The lowest BCUT2D eigenvalue weighted by Gasteiger charge is -2.25. The number of hydrogen-bond donors (Lipinski definition) is 8. The van der Waals surface area contributed by atoms with Gasteiger partial charge in [0.05, 0.1) is 19.1 Å². The van der Waals surface area contributed by atoms with E-state index in [1.54, 1.807) is 42.6 Å². The molecule has 0 bridgehead atoms. The van der Waals surface area contributed by atoms with Crippen molar-refractivity contribution in [1.29, 1.82) is 0 Å². The number of amides is 3. The summed E-state index contributed by atoms with van der Waals surface area (Å²) < 4.78 is 0. The van der Waals surface area contributed by atoms with E-state index in [-0.39, 0.29) is 12.8 Å². The molecule has 0 saturated heterocycles. The third kappa shape index (κ3) is 8.12. The predicted molar refractivity (Wildman–Crippen MR) is 143 cm³/mol. The number of benzene rings is 2. The number of para-hydroxylation sites is 1. The number of H-pyrrole nitrogens is 1. The van der Waals surface area contributed by atoms with Gasteiger partial charge in [-0.3, -0.25) is 19.2 Å². The van der Waals surface area contributed by atoms with Gasteiger partial charge in [0.1, 0.15) is 18.1 Å². The number of hydrogen-bond acceptors (Lipinski definition) is 7. The zero-order valence-electron chi connectivity index (χ0n) is 21.4. The highest BCUT2D eigenvalue weighted by atomic mass is 16.4. The lowest BCUT2D eigenvalue weighted by Crippen LogP contribution is -2.58. The summed E-state index contributed by atoms with van der Waals surface area (Å²) in [6.45, 7) is -0.872. The first-order chi connectivity index (χ1) is 19.1. The maximum atomic E-state index is 13.5. The second-order valence-corrected chi connectivity index (χ2v) is 9.16. The van der Waals surface area contributed by atoms with Crippen LogP contribution in [0.2, 0.25) is 0 Å². The highest BCUT2D eigenvalue weighted by molar-refractivity contribution is 5.95. The number of nitrogens with one attached hydrogen (secondary N) is 4. The third-order valence-corrected chi connectivity index (χ3v) is 6.18. The van der Waals surface area contributed by atoms with Crippen molar-refractivity contribution in [3.8, 4) is 0 Å². The molecule has 9 N–H and O–H groups in total. The number of aliphatic hydroxyl groups is 1. The van der Waals surface area contributed by atoms with Crippen LogP contribution in [-0.2, 0) is 36.8 Å². The number of carboxylic acid groups (broad SMARTS) is 2. The van der Waals surface area contributed by atoms with Crippen LogP contribution in [0.15, 0.2) is 60.8 Å². The van der Waals surface area contributed by atoms with Crippen LogP contribution in [0.3, 0.4) is 0 Å². The fourth-order valence-electron chi connectivity index (χ4n) is 4.08. The molecule has 0 aliphatic carbocycles. The molecular weight excluding hydrogens is 522 g/mol. The Kier molecular flexibility index (Phi) is 10.3. The largest absolute Gasteiger partial charge is 0.481 e. The topological polar surface area (TPSA) is 224 Å². The van der Waals surface area contributed by atoms with Crippen LogP contribution in [0.4, 0.5) is 0 Å². The molecule has 0 aliphatic rings. The van der Waals surface area contributed by atoms with Crippen molar-refractivity contribution >= 4 is 40.6 Å². The highest BCUT2D eigenvalue weighted by Crippen LogP contribution is 2.19. The summed E-state index contributed by atoms with van der Waals surface area (Å²) in [6, 6.07) is 10.3. The maximum absolute atomic E-state index is 13.5. The van der Waals surface area contributed by atoms with Gasteiger partial charge < -0.3 is 42.0 Å². The van der Waals surface area contributed by atoms with Gasteiger partial charge in [-0.25, -0.2) is 4.79 Å². The van der Waals surface area contributed by atoms with Crippen LogP contribution in [-0.4, -0.2) is 80.7 Å². The number of aromatic nitrogens is 1. The SMILES string of the molecule is NC(CC(=O)O)C(=O)NC(Cc1ccccc1)C(=O)NC(Cc1c[nH]c2ccccc12)C(=O)NC(CO)C(=O)O. The van der Waals surface area contributed by atoms with E-state index in [4.69, 9.17) is 10.8 Å². The zero-order valence-corrected chi connectivity index (χ0v) is 21.4. The van der Waals surface area contributed by atoms with Crippen molar-refractivity contribution in [3.05, 3.63) is 71.9 Å². The van der Waals surface area contributed by atoms with Crippen LogP contribution in [0.25, 0.3) is 10.9 Å². The first-order valence-electron chi connectivity index (χ1n) is 12.4. The lowest BCUT2D eigenvalue weighted by molar-refractivity contribution is -0.143. The second-order valence-electron chi connectivity index (χ2n) is 9.16. The van der Waals surface area contributed by atoms with Gasteiger partial charge in [0.15, 0.2) is 0 Å². The van der Waals surface area contributed by atoms with E-state index in [2.05, 4.69) is 20.9 Å². The van der Waals surface area contributed by atoms with Gasteiger partial charge in [-0.15, -0.1) is 0 Å². The highest BCUT2D eigenvalue weighted by Gasteiger charge is 2.31. The van der Waals surface area contributed by atoms with Crippen LogP contribution in [0.1, 0.15) is 17.5 Å². The molecule has 3 rings (SSSR count). The summed E-state index contributed by atoms with van der Waals surface area (Å²) >= 11 is 0. The average Bonchev–Trinajstić information content (AvgIpc) is 3.33. The van der Waals surface area contributed by atoms with Crippen molar-refractivity contribution in [3.63, 3.8) is 0 Å². The van der Waals surface area contributed by atoms with Gasteiger partial charge in [-0.05, 0) is 17.2 Å². The van der Waals surface area contributed by atoms with Gasteiger partial charge in [0, 0.05) is 29.9 Å². The molecule has 0 radical (unpaired) electrons. The number of rotatable bonds is 14. The third-order valence-electron chi connectivity index (χ3n) is 6.18. The Bertz CT molecular complexity index is 1360. The summed E-state index contributed by atoms with van der Waals surface area (Å²) in [5.41, 5.74) is 7.78. The molecule has 1 aromatic heterocycles. The smallest absolute Gasteiger partial charge is 0.328 e. The number of aliphatic carboxylic acids is 2. The molecule has 4 atom stereocenters. The molecule has 40 heavy (non-hydrogen) atoms. The van der Waals surface area contributed by atoms with E-state index in [0.29, 0.717) is 11.1 Å². The van der Waals surface area contributed by atoms with Gasteiger partial charge >= 0.3 is 11.9 Å². The Morgan fingerprint density at radius 1 is 0.775 bits per heavy atom. The van der Waals surface area contributed by atoms with E-state index >= 15 is 0 Å². The van der Waals surface area contributed by atoms with E-state index in [1.165, 1.54) is 0 Å². The number of aliphatic hydroxyl groups excluding tert-OH is 1. The van der Waals surface area contributed by atoms with Gasteiger partial charge in [0.2, 0.25) is 17.7 Å². The first kappa shape index (κ1) is 29.8. The Hall–Kier alpha value is -4.75. The van der Waals surface area contributed by atoms with E-state index in [9.17, 15) is 34.2 Å². The van der Waals surface area contributed by atoms with Crippen molar-refractivity contribution in [1.82, 2.24) is 20.9 Å². The molecule has 0 spiro atoms. The standard InChI is InChI=1S/C27H31N5O8/c28-18(12-23(34)35)24(36)30-20(10-15-6-2-1-3-7-15)25(37)31-21(26(38)32-22(14-33)27(39)40)11-16-13-29-19-9-5-4-8-17(16)19/h1-9,13,18,20-22,29,33H,10-12,14,28H2,(H,30,36)(H,31,37)(H,32,38)(H,34,35)(H,39,40). The molecule has 2 aromatic carbocycles. The van der Waals surface area contributed by atoms with Gasteiger partial charge in [-0.2, -0.15) is 0 Å². The summed E-state index contributed by atoms with van der Waals surface area (Å²) in [7, 11) is 0. The molecule has 0 fully saturated rings. The lowest BCUT2D eigenvalue weighted by atomic mass is 10.0. The Labute approximate surface area is 228 Å². The second kappa shape index (κ2) is 13.9. The Morgan fingerprint density at radius 2 is 1.35 bits per heavy atom. The van der Waals surface area contributed by atoms with Crippen LogP contribution >= 0.6 is 0 Å². The van der Waals surface area contributed by atoms with Crippen molar-refractivity contribution in [2.75, 3.05) is 6.61 Å². The zero-order chi connectivity index (χ0) is 29.2. The normalized spacial score (nSPS) is 13.9. The number of fused-ring (bicyclic) bond motifs is 1. The summed E-state index contributed by atoms with van der Waals surface area (Å²) in [5, 5.41) is 35.7. The van der Waals surface area contributed by atoms with E-state index < -0.39 is 66.9 Å². The number of carboxylic acids is 2. The first-order valence-corrected chi connectivity index (χ1v) is 12.4. The number of aromatic amines is 1. The van der Waals surface area contributed by atoms with E-state index in [1.807, 2.05) is 18.2 Å². The fraction of sp³-hybridized carbons (Fsp3) is 0.296. The molecule has 13 nitrogen and oxygen atoms in total. The number of carbonyl (C=O) groups is 5. The maximum Gasteiger partial charge on any atom is 0.328 e.